The van der Waals surface area contributed by atoms with Crippen molar-refractivity contribution in [3.05, 3.63) is 83.7 Å². The summed E-state index contributed by atoms with van der Waals surface area (Å²) < 4.78 is 83.7. The molecule has 0 radical (unpaired) electrons. The van der Waals surface area contributed by atoms with Crippen LogP contribution in [-0.2, 0) is 39.0 Å². The second-order valence-electron chi connectivity index (χ2n) is 14.3. The van der Waals surface area contributed by atoms with Crippen LogP contribution in [0.15, 0.2) is 60.9 Å². The summed E-state index contributed by atoms with van der Waals surface area (Å²) in [6.07, 6.45) is 18.3. The van der Waals surface area contributed by atoms with Gasteiger partial charge in [0.1, 0.15) is 17.4 Å². The fraction of sp³-hybridized carbons (Fsp3) is 0.595. The molecule has 0 unspecified atom stereocenters. The molecule has 0 atom stereocenters. The highest BCUT2D eigenvalue weighted by atomic mass is 32.2. The predicted octanol–water partition coefficient (Wildman–Crippen LogP) is 5.85. The summed E-state index contributed by atoms with van der Waals surface area (Å²) in [5, 5.41) is 0. The Kier molecular flexibility index (Phi) is 14.6. The number of halogens is 1. The Morgan fingerprint density at radius 2 is 1.38 bits per heavy atom. The Bertz CT molecular complexity index is 1700. The van der Waals surface area contributed by atoms with Crippen molar-refractivity contribution in [2.75, 3.05) is 26.2 Å². The normalized spacial score (nSPS) is 19.6. The van der Waals surface area contributed by atoms with Crippen LogP contribution in [0.1, 0.15) is 100 Å². The van der Waals surface area contributed by atoms with E-state index >= 15 is 0 Å². The van der Waals surface area contributed by atoms with Gasteiger partial charge in [0.25, 0.3) is 0 Å². The van der Waals surface area contributed by atoms with E-state index in [1.165, 1.54) is 41.9 Å². The lowest BCUT2D eigenvalue weighted by Crippen LogP contribution is -2.45. The van der Waals surface area contributed by atoms with E-state index in [0.717, 1.165) is 109 Å². The number of ether oxygens (including phenoxy) is 1. The molecule has 0 bridgehead atoms. The van der Waals surface area contributed by atoms with Crippen molar-refractivity contribution < 1.29 is 35.1 Å². The molecule has 3 fully saturated rings. The number of aryl methyl sites for hydroxylation is 2. The van der Waals surface area contributed by atoms with Crippen LogP contribution in [0.4, 0.5) is 4.39 Å². The van der Waals surface area contributed by atoms with Crippen LogP contribution in [0.5, 0.6) is 5.75 Å². The predicted molar refractivity (Wildman–Crippen MR) is 198 cm³/mol. The lowest BCUT2D eigenvalue weighted by Gasteiger charge is -2.42. The molecule has 288 valence electrons. The third-order valence-corrected chi connectivity index (χ3v) is 11.8. The number of fused-ring (bicyclic) bond motifs is 4. The van der Waals surface area contributed by atoms with E-state index in [1.54, 1.807) is 12.1 Å². The Balaban J connectivity index is 0.000000194. The second kappa shape index (κ2) is 18.9. The minimum absolute atomic E-state index is 0.0255. The van der Waals surface area contributed by atoms with Crippen molar-refractivity contribution in [3.63, 3.8) is 0 Å². The van der Waals surface area contributed by atoms with Gasteiger partial charge in [-0.3, -0.25) is 9.11 Å². The number of rotatable bonds is 9. The van der Waals surface area contributed by atoms with Crippen LogP contribution >= 0.6 is 0 Å². The molecule has 1 aromatic heterocycles. The first-order valence-corrected chi connectivity index (χ1v) is 21.5. The molecule has 1 spiro atoms. The molecule has 4 N–H and O–H groups in total. The first kappa shape index (κ1) is 40.3. The van der Waals surface area contributed by atoms with Gasteiger partial charge >= 0.3 is 20.6 Å². The number of nitrogens with zero attached hydrogens (tertiary/aromatic N) is 3. The minimum Gasteiger partial charge on any atom is -0.494 e. The fourth-order valence-corrected chi connectivity index (χ4v) is 9.31. The molecule has 4 aliphatic rings. The summed E-state index contributed by atoms with van der Waals surface area (Å²) in [7, 11) is -7.95. The highest BCUT2D eigenvalue weighted by Crippen LogP contribution is 2.44. The number of benzene rings is 2. The van der Waals surface area contributed by atoms with Gasteiger partial charge in [-0.2, -0.15) is 26.3 Å². The highest BCUT2D eigenvalue weighted by Gasteiger charge is 2.43. The average Bonchev–Trinajstić information content (AvgIpc) is 3.56. The molecule has 7 rings (SSSR count). The molecule has 3 heterocycles. The number of hydrogen-bond acceptors (Lipinski definition) is 7. The topological polar surface area (TPSA) is 163 Å². The van der Waals surface area contributed by atoms with Gasteiger partial charge in [-0.05, 0) is 99.8 Å². The summed E-state index contributed by atoms with van der Waals surface area (Å²) in [6, 6.07) is 15.1. The number of nitrogens with one attached hydrogen (secondary N) is 2. The van der Waals surface area contributed by atoms with E-state index in [0.29, 0.717) is 6.61 Å². The van der Waals surface area contributed by atoms with Crippen molar-refractivity contribution in [1.82, 2.24) is 23.9 Å². The number of likely N-dealkylation sites (tertiary alicyclic amines) is 1. The van der Waals surface area contributed by atoms with Gasteiger partial charge in [0, 0.05) is 37.6 Å². The zero-order valence-corrected chi connectivity index (χ0v) is 31.5. The molecular weight excluding hydrogens is 710 g/mol. The third-order valence-electron chi connectivity index (χ3n) is 10.6. The van der Waals surface area contributed by atoms with E-state index in [1.807, 2.05) is 6.20 Å². The lowest BCUT2D eigenvalue weighted by atomic mass is 9.70. The molecule has 2 aliphatic carbocycles. The van der Waals surface area contributed by atoms with Crippen LogP contribution < -0.4 is 14.2 Å². The first-order valence-electron chi connectivity index (χ1n) is 18.6. The third kappa shape index (κ3) is 12.3. The summed E-state index contributed by atoms with van der Waals surface area (Å²) in [6.45, 7) is 4.82. The summed E-state index contributed by atoms with van der Waals surface area (Å²) in [5.41, 5.74) is 2.98. The Morgan fingerprint density at radius 3 is 1.96 bits per heavy atom. The van der Waals surface area contributed by atoms with Gasteiger partial charge in [0.05, 0.1) is 12.0 Å². The van der Waals surface area contributed by atoms with Crippen molar-refractivity contribution in [1.29, 1.82) is 0 Å². The molecule has 2 aromatic carbocycles. The van der Waals surface area contributed by atoms with Gasteiger partial charge in [-0.15, -0.1) is 0 Å². The largest absolute Gasteiger partial charge is 0.494 e. The molecule has 15 heteroatoms. The van der Waals surface area contributed by atoms with Crippen LogP contribution in [0.3, 0.4) is 0 Å². The van der Waals surface area contributed by atoms with Crippen LogP contribution in [0, 0.1) is 5.82 Å². The smallest absolute Gasteiger partial charge is 0.333 e. The zero-order chi connectivity index (χ0) is 37.0. The Labute approximate surface area is 308 Å². The van der Waals surface area contributed by atoms with Crippen molar-refractivity contribution in [2.45, 2.75) is 114 Å². The van der Waals surface area contributed by atoms with E-state index in [-0.39, 0.29) is 23.3 Å². The lowest BCUT2D eigenvalue weighted by molar-refractivity contribution is 0.161. The van der Waals surface area contributed by atoms with Crippen LogP contribution in [-0.4, -0.2) is 78.7 Å². The number of hydrogen-bond donors (Lipinski definition) is 4. The molecule has 52 heavy (non-hydrogen) atoms. The van der Waals surface area contributed by atoms with E-state index < -0.39 is 20.6 Å². The molecular formula is C37H54FN5O7S2. The number of piperidine rings is 1. The Morgan fingerprint density at radius 1 is 0.808 bits per heavy atom. The second-order valence-corrected chi connectivity index (χ2v) is 16.7. The van der Waals surface area contributed by atoms with Crippen molar-refractivity contribution in [2.24, 2.45) is 0 Å². The highest BCUT2D eigenvalue weighted by molar-refractivity contribution is 7.84. The molecule has 0 amide bonds. The minimum atomic E-state index is -3.97. The maximum Gasteiger partial charge on any atom is 0.333 e. The first-order chi connectivity index (χ1) is 24.9. The SMILES string of the molecule is Fc1ccc(OCCCN2CCC3(CC2)c2ccccc2CCn2ccnc23)cc1.O=S(=O)(O)NC1CCCCC1.O=S(=O)(O)NC1CCCCC1. The maximum absolute atomic E-state index is 13.0. The summed E-state index contributed by atoms with van der Waals surface area (Å²) in [5.74, 6) is 1.74. The molecule has 2 saturated carbocycles. The van der Waals surface area contributed by atoms with E-state index in [4.69, 9.17) is 18.8 Å². The van der Waals surface area contributed by atoms with Crippen LogP contribution in [0.2, 0.25) is 0 Å². The molecule has 2 aliphatic heterocycles. The van der Waals surface area contributed by atoms with Crippen molar-refractivity contribution >= 4 is 20.6 Å². The van der Waals surface area contributed by atoms with Crippen molar-refractivity contribution in [3.8, 4) is 5.75 Å². The summed E-state index contributed by atoms with van der Waals surface area (Å²) in [4.78, 5) is 7.37. The molecule has 3 aromatic rings. The van der Waals surface area contributed by atoms with Crippen LogP contribution in [0.25, 0.3) is 0 Å². The van der Waals surface area contributed by atoms with Gasteiger partial charge < -0.3 is 14.2 Å². The van der Waals surface area contributed by atoms with Gasteiger partial charge in [0.15, 0.2) is 0 Å². The monoisotopic (exact) mass is 763 g/mol. The summed E-state index contributed by atoms with van der Waals surface area (Å²) >= 11 is 0. The molecule has 1 saturated heterocycles. The van der Waals surface area contributed by atoms with E-state index in [2.05, 4.69) is 49.4 Å². The van der Waals surface area contributed by atoms with E-state index in [9.17, 15) is 21.2 Å². The van der Waals surface area contributed by atoms with Gasteiger partial charge in [-0.25, -0.2) is 9.37 Å². The Hall–Kier alpha value is -2.92. The standard InChI is InChI=1S/C25H28FN3O.2C6H13NO3S/c26-21-6-8-22(9-7-21)30-19-3-14-28-16-11-25(12-17-28)23-5-2-1-4-20(23)10-15-29-18-13-27-24(25)29;2*8-11(9,10)7-6-4-2-1-3-5-6/h1-2,4-9,13,18H,3,10-12,14-17,19H2;2*6-7H,1-5H2,(H,8,9,10). The van der Waals surface area contributed by atoms with Gasteiger partial charge in [-0.1, -0.05) is 62.8 Å². The fourth-order valence-electron chi connectivity index (χ4n) is 8.00. The number of aromatic nitrogens is 2. The molecule has 12 nitrogen and oxygen atoms in total. The number of imidazole rings is 1. The van der Waals surface area contributed by atoms with Gasteiger partial charge in [0.2, 0.25) is 0 Å². The average molecular weight is 764 g/mol. The maximum atomic E-state index is 13.0. The zero-order valence-electron chi connectivity index (χ0n) is 29.8. The quantitative estimate of drug-likeness (QED) is 0.155.